The van der Waals surface area contributed by atoms with Gasteiger partial charge in [0.2, 0.25) is 5.95 Å². The largest absolute Gasteiger partial charge is 0.497 e. The highest BCUT2D eigenvalue weighted by Crippen LogP contribution is 2.31. The first-order valence-corrected chi connectivity index (χ1v) is 6.95. The van der Waals surface area contributed by atoms with Gasteiger partial charge in [-0.05, 0) is 46.3 Å². The molecule has 0 aliphatic rings. The van der Waals surface area contributed by atoms with Gasteiger partial charge in [-0.1, -0.05) is 0 Å². The fourth-order valence-electron chi connectivity index (χ4n) is 2.21. The molecule has 0 amide bonds. The molecule has 21 heavy (non-hydrogen) atoms. The van der Waals surface area contributed by atoms with Crippen molar-refractivity contribution in [3.8, 4) is 17.5 Å². The van der Waals surface area contributed by atoms with Gasteiger partial charge in [0.1, 0.15) is 5.75 Å². The van der Waals surface area contributed by atoms with E-state index in [9.17, 15) is 0 Å². The Morgan fingerprint density at radius 3 is 2.81 bits per heavy atom. The van der Waals surface area contributed by atoms with Crippen molar-refractivity contribution in [1.82, 2.24) is 9.55 Å². The number of rotatable bonds is 2. The minimum absolute atomic E-state index is 0.356. The number of nitriles is 1. The third-order valence-electron chi connectivity index (χ3n) is 3.20. The molecule has 3 rings (SSSR count). The molecule has 3 aromatic rings. The van der Waals surface area contributed by atoms with E-state index in [1.165, 1.54) is 0 Å². The van der Waals surface area contributed by atoms with Crippen LogP contribution in [0.1, 0.15) is 5.56 Å². The van der Waals surface area contributed by atoms with Crippen LogP contribution in [0.15, 0.2) is 40.9 Å². The predicted molar refractivity (Wildman–Crippen MR) is 84.4 cm³/mol. The zero-order valence-corrected chi connectivity index (χ0v) is 12.8. The van der Waals surface area contributed by atoms with Crippen molar-refractivity contribution in [1.29, 1.82) is 5.26 Å². The van der Waals surface area contributed by atoms with Gasteiger partial charge in [0, 0.05) is 10.5 Å². The van der Waals surface area contributed by atoms with E-state index in [2.05, 4.69) is 27.0 Å². The molecule has 0 saturated carbocycles. The van der Waals surface area contributed by atoms with Crippen molar-refractivity contribution >= 4 is 32.9 Å². The van der Waals surface area contributed by atoms with Crippen molar-refractivity contribution in [3.05, 3.63) is 46.4 Å². The summed E-state index contributed by atoms with van der Waals surface area (Å²) < 4.78 is 7.91. The number of nitrogen functional groups attached to an aromatic ring is 1. The van der Waals surface area contributed by atoms with Crippen LogP contribution in [0.5, 0.6) is 5.75 Å². The van der Waals surface area contributed by atoms with Crippen molar-refractivity contribution in [3.63, 3.8) is 0 Å². The Hall–Kier alpha value is -2.52. The Morgan fingerprint density at radius 2 is 2.10 bits per heavy atom. The van der Waals surface area contributed by atoms with Crippen LogP contribution >= 0.6 is 15.9 Å². The number of halogens is 1. The first kappa shape index (κ1) is 13.5. The fourth-order valence-corrected chi connectivity index (χ4v) is 2.63. The Morgan fingerprint density at radius 1 is 1.29 bits per heavy atom. The number of benzene rings is 2. The molecular formula is C15H11BrN4O. The van der Waals surface area contributed by atoms with Crippen LogP contribution in [0.3, 0.4) is 0 Å². The molecule has 0 unspecified atom stereocenters. The average Bonchev–Trinajstić information content (AvgIpc) is 2.82. The number of imidazole rings is 1. The molecule has 104 valence electrons. The molecule has 0 radical (unpaired) electrons. The van der Waals surface area contributed by atoms with Gasteiger partial charge in [0.15, 0.2) is 0 Å². The summed E-state index contributed by atoms with van der Waals surface area (Å²) in [5.41, 5.74) is 8.93. The summed E-state index contributed by atoms with van der Waals surface area (Å²) >= 11 is 3.51. The maximum Gasteiger partial charge on any atom is 0.205 e. The highest BCUT2D eigenvalue weighted by molar-refractivity contribution is 9.10. The normalized spacial score (nSPS) is 10.5. The first-order chi connectivity index (χ1) is 10.1. The minimum atomic E-state index is 0.356. The summed E-state index contributed by atoms with van der Waals surface area (Å²) in [6.45, 7) is 0. The number of ether oxygens (including phenoxy) is 1. The van der Waals surface area contributed by atoms with Crippen LogP contribution in [-0.4, -0.2) is 16.7 Å². The molecule has 0 spiro atoms. The van der Waals surface area contributed by atoms with Crippen LogP contribution in [0.25, 0.3) is 16.7 Å². The predicted octanol–water partition coefficient (Wildman–Crippen LogP) is 3.25. The Bertz CT molecular complexity index is 879. The number of hydrogen-bond acceptors (Lipinski definition) is 4. The average molecular weight is 343 g/mol. The third-order valence-corrected chi connectivity index (χ3v) is 3.87. The molecular weight excluding hydrogens is 332 g/mol. The highest BCUT2D eigenvalue weighted by atomic mass is 79.9. The Balaban J connectivity index is 2.34. The van der Waals surface area contributed by atoms with Crippen molar-refractivity contribution in [2.24, 2.45) is 0 Å². The van der Waals surface area contributed by atoms with E-state index in [0.717, 1.165) is 21.2 Å². The van der Waals surface area contributed by atoms with E-state index in [0.29, 0.717) is 17.3 Å². The monoisotopic (exact) mass is 342 g/mol. The zero-order valence-electron chi connectivity index (χ0n) is 11.2. The van der Waals surface area contributed by atoms with Gasteiger partial charge in [-0.25, -0.2) is 4.98 Å². The van der Waals surface area contributed by atoms with E-state index in [-0.39, 0.29) is 0 Å². The van der Waals surface area contributed by atoms with Gasteiger partial charge in [0.05, 0.1) is 35.5 Å². The number of nitrogens with two attached hydrogens (primary N) is 1. The summed E-state index contributed by atoms with van der Waals surface area (Å²) in [6.07, 6.45) is 0. The molecule has 2 N–H and O–H groups in total. The molecule has 0 saturated heterocycles. The second-order valence-corrected chi connectivity index (χ2v) is 5.29. The molecule has 2 aromatic carbocycles. The van der Waals surface area contributed by atoms with Crippen LogP contribution in [0.2, 0.25) is 0 Å². The summed E-state index contributed by atoms with van der Waals surface area (Å²) in [7, 11) is 1.61. The van der Waals surface area contributed by atoms with Crippen molar-refractivity contribution < 1.29 is 4.74 Å². The summed E-state index contributed by atoms with van der Waals surface area (Å²) in [6, 6.07) is 13.0. The summed E-state index contributed by atoms with van der Waals surface area (Å²) in [5.74, 6) is 1.07. The Kier molecular flexibility index (Phi) is 3.28. The lowest BCUT2D eigenvalue weighted by atomic mass is 10.2. The number of anilines is 1. The maximum absolute atomic E-state index is 9.06. The lowest BCUT2D eigenvalue weighted by Gasteiger charge is -2.11. The maximum atomic E-state index is 9.06. The zero-order chi connectivity index (χ0) is 15.0. The number of nitrogens with zero attached hydrogens (tertiary/aromatic N) is 3. The van der Waals surface area contributed by atoms with Crippen LogP contribution in [0, 0.1) is 11.3 Å². The van der Waals surface area contributed by atoms with Gasteiger partial charge in [0.25, 0.3) is 0 Å². The molecule has 1 heterocycles. The molecule has 0 atom stereocenters. The van der Waals surface area contributed by atoms with Crippen molar-refractivity contribution in [2.45, 2.75) is 0 Å². The molecule has 0 aliphatic carbocycles. The van der Waals surface area contributed by atoms with Crippen LogP contribution in [0.4, 0.5) is 5.95 Å². The van der Waals surface area contributed by atoms with Gasteiger partial charge in [-0.2, -0.15) is 5.26 Å². The quantitative estimate of drug-likeness (QED) is 0.775. The lowest BCUT2D eigenvalue weighted by molar-refractivity contribution is 0.414. The standard InChI is InChI=1S/C15H11BrN4O/c1-21-10-3-4-11(16)13(7-10)20-14-6-9(8-17)2-5-12(14)19-15(20)18/h2-7H,1H3,(H2,18,19). The van der Waals surface area contributed by atoms with E-state index in [1.807, 2.05) is 18.2 Å². The minimum Gasteiger partial charge on any atom is -0.497 e. The van der Waals surface area contributed by atoms with E-state index >= 15 is 0 Å². The lowest BCUT2D eigenvalue weighted by Crippen LogP contribution is -2.02. The van der Waals surface area contributed by atoms with Crippen LogP contribution < -0.4 is 10.5 Å². The van der Waals surface area contributed by atoms with Gasteiger partial charge < -0.3 is 10.5 Å². The SMILES string of the molecule is COc1ccc(Br)c(-n2c(N)nc3ccc(C#N)cc32)c1. The van der Waals surface area contributed by atoms with Crippen LogP contribution in [-0.2, 0) is 0 Å². The molecule has 0 aliphatic heterocycles. The van der Waals surface area contributed by atoms with E-state index in [4.69, 9.17) is 15.7 Å². The van der Waals surface area contributed by atoms with E-state index < -0.39 is 0 Å². The summed E-state index contributed by atoms with van der Waals surface area (Å²) in [5, 5.41) is 9.06. The first-order valence-electron chi connectivity index (χ1n) is 6.16. The number of hydrogen-bond donors (Lipinski definition) is 1. The molecule has 1 aromatic heterocycles. The van der Waals surface area contributed by atoms with Crippen molar-refractivity contribution in [2.75, 3.05) is 12.8 Å². The fraction of sp³-hybridized carbons (Fsp3) is 0.0667. The molecule has 6 heteroatoms. The summed E-state index contributed by atoms with van der Waals surface area (Å²) in [4.78, 5) is 4.33. The smallest absolute Gasteiger partial charge is 0.205 e. The molecule has 0 fully saturated rings. The van der Waals surface area contributed by atoms with E-state index in [1.54, 1.807) is 29.9 Å². The second-order valence-electron chi connectivity index (χ2n) is 4.44. The molecule has 5 nitrogen and oxygen atoms in total. The Labute approximate surface area is 129 Å². The number of aromatic nitrogens is 2. The second kappa shape index (κ2) is 5.11. The van der Waals surface area contributed by atoms with Gasteiger partial charge >= 0.3 is 0 Å². The molecule has 0 bridgehead atoms. The topological polar surface area (TPSA) is 76.9 Å². The third kappa shape index (κ3) is 2.22. The number of methoxy groups -OCH3 is 1. The van der Waals surface area contributed by atoms with Gasteiger partial charge in [-0.3, -0.25) is 4.57 Å². The number of fused-ring (bicyclic) bond motifs is 1. The van der Waals surface area contributed by atoms with Gasteiger partial charge in [-0.15, -0.1) is 0 Å². The highest BCUT2D eigenvalue weighted by Gasteiger charge is 2.14.